The zero-order valence-electron chi connectivity index (χ0n) is 9.12. The zero-order chi connectivity index (χ0) is 10.8. The first kappa shape index (κ1) is 12.4. The lowest BCUT2D eigenvalue weighted by Gasteiger charge is -1.94. The van der Waals surface area contributed by atoms with E-state index in [1.165, 1.54) is 0 Å². The van der Waals surface area contributed by atoms with E-state index in [9.17, 15) is 0 Å². The maximum Gasteiger partial charge on any atom is 0.137 e. The molecule has 0 saturated heterocycles. The first-order chi connectivity index (χ1) is 6.88. The SMILES string of the molecule is C=C/C=C(\C=C/C)c1ncc[nH]1.CC. The van der Waals surface area contributed by atoms with E-state index in [0.29, 0.717) is 0 Å². The van der Waals surface area contributed by atoms with Gasteiger partial charge in [-0.3, -0.25) is 0 Å². The van der Waals surface area contributed by atoms with Crippen LogP contribution in [0.25, 0.3) is 5.57 Å². The molecule has 0 aliphatic heterocycles. The van der Waals surface area contributed by atoms with Gasteiger partial charge in [0.25, 0.3) is 0 Å². The first-order valence-corrected chi connectivity index (χ1v) is 4.83. The standard InChI is InChI=1S/C10H12N2.C2H6/c1-3-5-9(6-4-2)10-11-7-8-12-10;1-2/h3-8H,1H2,2H3,(H,11,12);1-2H3/b6-4-,9-5+;. The molecule has 0 aromatic carbocycles. The largest absolute Gasteiger partial charge is 0.345 e. The molecule has 0 unspecified atom stereocenters. The van der Waals surface area contributed by atoms with Crippen LogP contribution in [0.5, 0.6) is 0 Å². The number of allylic oxidation sites excluding steroid dienone is 5. The van der Waals surface area contributed by atoms with Crippen LogP contribution < -0.4 is 0 Å². The molecule has 0 saturated carbocycles. The molecule has 0 spiro atoms. The molecular formula is C12H18N2. The fourth-order valence-corrected chi connectivity index (χ4v) is 0.943. The van der Waals surface area contributed by atoms with E-state index in [1.54, 1.807) is 18.5 Å². The smallest absolute Gasteiger partial charge is 0.137 e. The minimum absolute atomic E-state index is 0.869. The lowest BCUT2D eigenvalue weighted by atomic mass is 10.2. The lowest BCUT2D eigenvalue weighted by molar-refractivity contribution is 1.24. The van der Waals surface area contributed by atoms with Crippen molar-refractivity contribution in [1.29, 1.82) is 0 Å². The van der Waals surface area contributed by atoms with Gasteiger partial charge in [-0.1, -0.05) is 44.7 Å². The number of H-pyrrole nitrogens is 1. The fraction of sp³-hybridized carbons (Fsp3) is 0.250. The van der Waals surface area contributed by atoms with Crippen LogP contribution in [0, 0.1) is 0 Å². The second-order valence-corrected chi connectivity index (χ2v) is 2.30. The molecule has 0 fully saturated rings. The van der Waals surface area contributed by atoms with E-state index in [2.05, 4.69) is 16.5 Å². The van der Waals surface area contributed by atoms with Gasteiger partial charge in [-0.2, -0.15) is 0 Å². The summed E-state index contributed by atoms with van der Waals surface area (Å²) in [5.41, 5.74) is 1.04. The first-order valence-electron chi connectivity index (χ1n) is 4.83. The van der Waals surface area contributed by atoms with Crippen molar-refractivity contribution in [3.05, 3.63) is 49.1 Å². The van der Waals surface area contributed by atoms with E-state index < -0.39 is 0 Å². The second-order valence-electron chi connectivity index (χ2n) is 2.30. The Morgan fingerprint density at radius 1 is 1.50 bits per heavy atom. The highest BCUT2D eigenvalue weighted by atomic mass is 14.9. The molecule has 76 valence electrons. The average molecular weight is 190 g/mol. The van der Waals surface area contributed by atoms with Crippen molar-refractivity contribution < 1.29 is 0 Å². The molecular weight excluding hydrogens is 172 g/mol. The van der Waals surface area contributed by atoms with Gasteiger partial charge in [0, 0.05) is 18.0 Å². The molecule has 1 rings (SSSR count). The number of aromatic nitrogens is 2. The van der Waals surface area contributed by atoms with Crippen LogP contribution in [0.4, 0.5) is 0 Å². The highest BCUT2D eigenvalue weighted by Gasteiger charge is 1.96. The number of rotatable bonds is 3. The molecule has 1 aromatic rings. The maximum absolute atomic E-state index is 4.13. The third-order valence-electron chi connectivity index (χ3n) is 1.42. The molecule has 2 nitrogen and oxygen atoms in total. The highest BCUT2D eigenvalue weighted by Crippen LogP contribution is 2.10. The Hall–Kier alpha value is -1.57. The summed E-state index contributed by atoms with van der Waals surface area (Å²) in [4.78, 5) is 7.16. The summed E-state index contributed by atoms with van der Waals surface area (Å²) < 4.78 is 0. The second kappa shape index (κ2) is 8.05. The molecule has 2 heteroatoms. The molecule has 0 bridgehead atoms. The molecule has 1 N–H and O–H groups in total. The molecule has 14 heavy (non-hydrogen) atoms. The third-order valence-corrected chi connectivity index (χ3v) is 1.42. The Balaban J connectivity index is 0.000000791. The molecule has 0 aliphatic rings. The van der Waals surface area contributed by atoms with Crippen molar-refractivity contribution in [3.63, 3.8) is 0 Å². The molecule has 0 radical (unpaired) electrons. The van der Waals surface area contributed by atoms with Gasteiger partial charge in [-0.15, -0.1) is 0 Å². The van der Waals surface area contributed by atoms with Gasteiger partial charge in [0.15, 0.2) is 0 Å². The summed E-state index contributed by atoms with van der Waals surface area (Å²) in [7, 11) is 0. The molecule has 1 heterocycles. The Morgan fingerprint density at radius 3 is 2.64 bits per heavy atom. The van der Waals surface area contributed by atoms with Gasteiger partial charge in [-0.05, 0) is 6.92 Å². The molecule has 0 atom stereocenters. The number of aromatic amines is 1. The van der Waals surface area contributed by atoms with Crippen molar-refractivity contribution in [3.8, 4) is 0 Å². The van der Waals surface area contributed by atoms with Gasteiger partial charge >= 0.3 is 0 Å². The van der Waals surface area contributed by atoms with Gasteiger partial charge in [-0.25, -0.2) is 4.98 Å². The van der Waals surface area contributed by atoms with Crippen LogP contribution in [0.1, 0.15) is 26.6 Å². The Morgan fingerprint density at radius 2 is 2.21 bits per heavy atom. The van der Waals surface area contributed by atoms with Crippen LogP contribution in [-0.4, -0.2) is 9.97 Å². The maximum atomic E-state index is 4.13. The Labute approximate surface area is 86.1 Å². The van der Waals surface area contributed by atoms with Gasteiger partial charge in [0.05, 0.1) is 0 Å². The highest BCUT2D eigenvalue weighted by molar-refractivity contribution is 5.70. The number of imidazole rings is 1. The van der Waals surface area contributed by atoms with Crippen LogP contribution in [0.15, 0.2) is 43.3 Å². The summed E-state index contributed by atoms with van der Waals surface area (Å²) in [5.74, 6) is 0.869. The van der Waals surface area contributed by atoms with E-state index >= 15 is 0 Å². The van der Waals surface area contributed by atoms with Gasteiger partial charge in [0.1, 0.15) is 5.82 Å². The number of hydrogen-bond acceptors (Lipinski definition) is 1. The van der Waals surface area contributed by atoms with Gasteiger partial charge in [0.2, 0.25) is 0 Å². The average Bonchev–Trinajstić information content (AvgIpc) is 2.73. The fourth-order valence-electron chi connectivity index (χ4n) is 0.943. The van der Waals surface area contributed by atoms with E-state index in [4.69, 9.17) is 0 Å². The van der Waals surface area contributed by atoms with Crippen molar-refractivity contribution in [1.82, 2.24) is 9.97 Å². The minimum Gasteiger partial charge on any atom is -0.345 e. The van der Waals surface area contributed by atoms with Gasteiger partial charge < -0.3 is 4.98 Å². The summed E-state index contributed by atoms with van der Waals surface area (Å²) in [5, 5.41) is 0. The number of nitrogens with one attached hydrogen (secondary N) is 1. The van der Waals surface area contributed by atoms with Crippen LogP contribution in [0.3, 0.4) is 0 Å². The van der Waals surface area contributed by atoms with Crippen LogP contribution in [-0.2, 0) is 0 Å². The number of nitrogens with zero attached hydrogens (tertiary/aromatic N) is 1. The summed E-state index contributed by atoms with van der Waals surface area (Å²) >= 11 is 0. The zero-order valence-corrected chi connectivity index (χ0v) is 9.12. The minimum atomic E-state index is 0.869. The predicted molar refractivity (Wildman–Crippen MR) is 62.9 cm³/mol. The van der Waals surface area contributed by atoms with E-state index in [0.717, 1.165) is 11.4 Å². The predicted octanol–water partition coefficient (Wildman–Crippen LogP) is 3.58. The molecule has 0 amide bonds. The summed E-state index contributed by atoms with van der Waals surface area (Å²) in [6.07, 6.45) is 11.2. The normalized spacial score (nSPS) is 10.9. The van der Waals surface area contributed by atoms with Crippen LogP contribution >= 0.6 is 0 Å². The Kier molecular flexibility index (Phi) is 7.15. The van der Waals surface area contributed by atoms with Crippen molar-refractivity contribution in [2.75, 3.05) is 0 Å². The topological polar surface area (TPSA) is 28.7 Å². The van der Waals surface area contributed by atoms with Crippen molar-refractivity contribution in [2.24, 2.45) is 0 Å². The quantitative estimate of drug-likeness (QED) is 0.725. The lowest BCUT2D eigenvalue weighted by Crippen LogP contribution is -1.82. The Bertz CT molecular complexity index is 292. The van der Waals surface area contributed by atoms with Crippen LogP contribution in [0.2, 0.25) is 0 Å². The molecule has 0 aliphatic carbocycles. The van der Waals surface area contributed by atoms with E-state index in [-0.39, 0.29) is 0 Å². The van der Waals surface area contributed by atoms with Crippen molar-refractivity contribution >= 4 is 5.57 Å². The van der Waals surface area contributed by atoms with E-state index in [1.807, 2.05) is 39.0 Å². The third kappa shape index (κ3) is 3.90. The van der Waals surface area contributed by atoms with Crippen molar-refractivity contribution in [2.45, 2.75) is 20.8 Å². The number of hydrogen-bond donors (Lipinski definition) is 1. The monoisotopic (exact) mass is 190 g/mol. The summed E-state index contributed by atoms with van der Waals surface area (Å²) in [6.45, 7) is 9.61. The summed E-state index contributed by atoms with van der Waals surface area (Å²) in [6, 6.07) is 0. The molecule has 1 aromatic heterocycles.